The minimum Gasteiger partial charge on any atom is -0.276 e. The summed E-state index contributed by atoms with van der Waals surface area (Å²) in [5, 5.41) is -0.662. The first-order chi connectivity index (χ1) is 4.04. The Kier molecular flexibility index (Phi) is 4.67. The molecule has 0 N–H and O–H groups in total. The first-order valence-electron chi connectivity index (χ1n) is 1.88. The van der Waals surface area contributed by atoms with Crippen LogP contribution < -0.4 is 0 Å². The second kappa shape index (κ2) is 4.40. The number of halogens is 4. The largest absolute Gasteiger partial charge is 0.276 e. The van der Waals surface area contributed by atoms with Crippen LogP contribution >= 0.6 is 46.4 Å². The van der Waals surface area contributed by atoms with Crippen LogP contribution in [0.5, 0.6) is 0 Å². The zero-order chi connectivity index (χ0) is 7.44. The van der Waals surface area contributed by atoms with Crippen molar-refractivity contribution < 1.29 is 4.79 Å². The highest BCUT2D eigenvalue weighted by molar-refractivity contribution is 6.67. The van der Waals surface area contributed by atoms with Crippen molar-refractivity contribution in [1.82, 2.24) is 0 Å². The van der Waals surface area contributed by atoms with Crippen molar-refractivity contribution in [1.29, 1.82) is 0 Å². The van der Waals surface area contributed by atoms with Gasteiger partial charge in [0, 0.05) is 6.08 Å². The van der Waals surface area contributed by atoms with Gasteiger partial charge in [0.05, 0.1) is 5.03 Å². The van der Waals surface area contributed by atoms with Crippen molar-refractivity contribution in [2.45, 2.75) is 4.84 Å². The second-order valence-electron chi connectivity index (χ2n) is 1.13. The summed E-state index contributed by atoms with van der Waals surface area (Å²) in [6.45, 7) is 0. The quantitative estimate of drug-likeness (QED) is 0.387. The molecule has 0 aliphatic heterocycles. The molecular formula is C4H2Cl4O. The second-order valence-corrected chi connectivity index (χ2v) is 3.04. The summed E-state index contributed by atoms with van der Waals surface area (Å²) in [6, 6.07) is 0. The van der Waals surface area contributed by atoms with Crippen molar-refractivity contribution in [3.05, 3.63) is 11.1 Å². The lowest BCUT2D eigenvalue weighted by atomic mass is 10.5. The molecule has 0 amide bonds. The fourth-order valence-electron chi connectivity index (χ4n) is 0.171. The molecule has 9 heavy (non-hydrogen) atoms. The van der Waals surface area contributed by atoms with Crippen LogP contribution in [0.4, 0.5) is 0 Å². The standard InChI is InChI=1S/C4H2Cl4O/c5-2(4(7)8)1-3(6)9/h1,4H. The highest BCUT2D eigenvalue weighted by Gasteiger charge is 2.04. The monoisotopic (exact) mass is 206 g/mol. The van der Waals surface area contributed by atoms with Gasteiger partial charge < -0.3 is 0 Å². The molecule has 0 atom stereocenters. The summed E-state index contributed by atoms with van der Waals surface area (Å²) >= 11 is 20.7. The Morgan fingerprint density at radius 3 is 1.89 bits per heavy atom. The van der Waals surface area contributed by atoms with E-state index in [1.807, 2.05) is 0 Å². The maximum absolute atomic E-state index is 10.0. The van der Waals surface area contributed by atoms with E-state index in [1.54, 1.807) is 0 Å². The summed E-state index contributed by atoms with van der Waals surface area (Å²) in [7, 11) is 0. The van der Waals surface area contributed by atoms with E-state index in [4.69, 9.17) is 46.4 Å². The van der Waals surface area contributed by atoms with E-state index in [9.17, 15) is 4.79 Å². The topological polar surface area (TPSA) is 17.1 Å². The lowest BCUT2D eigenvalue weighted by Gasteiger charge is -1.93. The van der Waals surface area contributed by atoms with Gasteiger partial charge in [-0.15, -0.1) is 0 Å². The smallest absolute Gasteiger partial charge is 0.246 e. The first-order valence-corrected chi connectivity index (χ1v) is 3.51. The van der Waals surface area contributed by atoms with E-state index in [2.05, 4.69) is 0 Å². The van der Waals surface area contributed by atoms with Crippen LogP contribution in [0.15, 0.2) is 11.1 Å². The first kappa shape index (κ1) is 9.57. The highest BCUT2D eigenvalue weighted by atomic mass is 35.5. The van der Waals surface area contributed by atoms with Crippen LogP contribution in [0.25, 0.3) is 0 Å². The zero-order valence-electron chi connectivity index (χ0n) is 4.07. The molecule has 0 aliphatic carbocycles. The lowest BCUT2D eigenvalue weighted by Crippen LogP contribution is -1.88. The summed E-state index contributed by atoms with van der Waals surface area (Å²) in [6.07, 6.45) is 0.952. The van der Waals surface area contributed by atoms with Gasteiger partial charge in [-0.2, -0.15) is 0 Å². The number of hydrogen-bond donors (Lipinski definition) is 0. The van der Waals surface area contributed by atoms with Gasteiger partial charge in [-0.1, -0.05) is 34.8 Å². The molecule has 0 saturated heterocycles. The van der Waals surface area contributed by atoms with Gasteiger partial charge in [0.1, 0.15) is 4.84 Å². The van der Waals surface area contributed by atoms with Crippen molar-refractivity contribution in [2.75, 3.05) is 0 Å². The normalized spacial score (nSPS) is 12.3. The fourth-order valence-corrected chi connectivity index (χ4v) is 0.570. The molecule has 52 valence electrons. The van der Waals surface area contributed by atoms with Crippen LogP contribution in [-0.2, 0) is 4.79 Å². The molecule has 0 bridgehead atoms. The number of allylic oxidation sites excluding steroid dienone is 2. The third kappa shape index (κ3) is 5.04. The molecule has 0 heterocycles. The van der Waals surface area contributed by atoms with Crippen molar-refractivity contribution in [3.8, 4) is 0 Å². The molecule has 5 heteroatoms. The van der Waals surface area contributed by atoms with Crippen molar-refractivity contribution >= 4 is 51.6 Å². The molecule has 0 aliphatic rings. The van der Waals surface area contributed by atoms with Crippen LogP contribution in [0.1, 0.15) is 0 Å². The number of carbonyl (C=O) groups excluding carboxylic acids is 1. The Labute approximate surface area is 72.5 Å². The number of carbonyl (C=O) groups is 1. The van der Waals surface area contributed by atoms with Crippen LogP contribution in [0.2, 0.25) is 0 Å². The van der Waals surface area contributed by atoms with Gasteiger partial charge in [-0.25, -0.2) is 0 Å². The number of alkyl halides is 2. The average Bonchev–Trinajstić information content (AvgIpc) is 1.63. The third-order valence-electron chi connectivity index (χ3n) is 0.460. The summed E-state index contributed by atoms with van der Waals surface area (Å²) in [4.78, 5) is 9.17. The van der Waals surface area contributed by atoms with Crippen LogP contribution in [0.3, 0.4) is 0 Å². The van der Waals surface area contributed by atoms with E-state index in [-0.39, 0.29) is 5.03 Å². The molecule has 0 rings (SSSR count). The average molecular weight is 208 g/mol. The maximum Gasteiger partial charge on any atom is 0.246 e. The summed E-state index contributed by atoms with van der Waals surface area (Å²) < 4.78 is 0. The highest BCUT2D eigenvalue weighted by Crippen LogP contribution is 2.17. The predicted octanol–water partition coefficient (Wildman–Crippen LogP) is 2.68. The Balaban J connectivity index is 4.00. The third-order valence-corrected chi connectivity index (χ3v) is 1.59. The van der Waals surface area contributed by atoms with Crippen LogP contribution in [-0.4, -0.2) is 10.1 Å². The SMILES string of the molecule is O=C(Cl)C=C(Cl)C(Cl)Cl. The lowest BCUT2D eigenvalue weighted by molar-refractivity contribution is -0.107. The maximum atomic E-state index is 10.0. The van der Waals surface area contributed by atoms with Crippen molar-refractivity contribution in [3.63, 3.8) is 0 Å². The number of hydrogen-bond acceptors (Lipinski definition) is 1. The Bertz CT molecular complexity index is 140. The van der Waals surface area contributed by atoms with E-state index in [1.165, 1.54) is 0 Å². The molecule has 1 nitrogen and oxygen atoms in total. The van der Waals surface area contributed by atoms with Crippen LogP contribution in [0, 0.1) is 0 Å². The molecular weight excluding hydrogens is 206 g/mol. The van der Waals surface area contributed by atoms with E-state index in [0.29, 0.717) is 0 Å². The molecule has 0 saturated carbocycles. The predicted molar refractivity (Wildman–Crippen MR) is 40.3 cm³/mol. The van der Waals surface area contributed by atoms with Gasteiger partial charge in [0.15, 0.2) is 0 Å². The molecule has 0 aromatic rings. The minimum atomic E-state index is -0.880. The van der Waals surface area contributed by atoms with Gasteiger partial charge in [-0.05, 0) is 11.6 Å². The molecule has 0 aromatic heterocycles. The van der Waals surface area contributed by atoms with Gasteiger partial charge in [0.2, 0.25) is 5.24 Å². The van der Waals surface area contributed by atoms with Crippen molar-refractivity contribution in [2.24, 2.45) is 0 Å². The van der Waals surface area contributed by atoms with E-state index in [0.717, 1.165) is 6.08 Å². The summed E-state index contributed by atoms with van der Waals surface area (Å²) in [5.41, 5.74) is 0. The fraction of sp³-hybridized carbons (Fsp3) is 0.250. The van der Waals surface area contributed by atoms with E-state index >= 15 is 0 Å². The zero-order valence-corrected chi connectivity index (χ0v) is 7.10. The molecule has 0 spiro atoms. The van der Waals surface area contributed by atoms with Gasteiger partial charge >= 0.3 is 0 Å². The van der Waals surface area contributed by atoms with Gasteiger partial charge in [-0.3, -0.25) is 4.79 Å². The van der Waals surface area contributed by atoms with E-state index < -0.39 is 10.1 Å². The Morgan fingerprint density at radius 1 is 1.33 bits per heavy atom. The Morgan fingerprint density at radius 2 is 1.78 bits per heavy atom. The van der Waals surface area contributed by atoms with Gasteiger partial charge in [0.25, 0.3) is 0 Å². The summed E-state index contributed by atoms with van der Waals surface area (Å²) in [5.74, 6) is 0. The molecule has 0 radical (unpaired) electrons. The molecule has 0 fully saturated rings. The molecule has 0 unspecified atom stereocenters. The molecule has 0 aromatic carbocycles. The number of rotatable bonds is 2. The minimum absolute atomic E-state index is 0.0262. The Hall–Kier alpha value is 0.570.